The van der Waals surface area contributed by atoms with E-state index in [1.54, 1.807) is 6.07 Å². The van der Waals surface area contributed by atoms with Crippen LogP contribution in [0.1, 0.15) is 38.7 Å². The van der Waals surface area contributed by atoms with Crippen LogP contribution in [0, 0.1) is 5.92 Å². The normalized spacial score (nSPS) is 18.8. The molecule has 0 aliphatic carbocycles. The number of carbonyl (C=O) groups excluding carboxylic acids is 1. The van der Waals surface area contributed by atoms with Gasteiger partial charge in [0.2, 0.25) is 5.91 Å². The van der Waals surface area contributed by atoms with Gasteiger partial charge in [0.25, 0.3) is 0 Å². The fourth-order valence-corrected chi connectivity index (χ4v) is 3.69. The summed E-state index contributed by atoms with van der Waals surface area (Å²) in [7, 11) is 0. The molecule has 0 saturated carbocycles. The Morgan fingerprint density at radius 3 is 2.50 bits per heavy atom. The van der Waals surface area contributed by atoms with E-state index in [1.807, 2.05) is 17.0 Å². The number of amides is 1. The maximum Gasteiger partial charge on any atom is 0.233 e. The zero-order chi connectivity index (χ0) is 16.3. The van der Waals surface area contributed by atoms with Crippen molar-refractivity contribution in [2.75, 3.05) is 19.6 Å². The SMILES string of the molecule is CCC(CC)(C(=O)N1CCC(CN)C1)c1ccc(Cl)c(Cl)c1. The lowest BCUT2D eigenvalue weighted by Gasteiger charge is -2.35. The van der Waals surface area contributed by atoms with Crippen LogP contribution >= 0.6 is 23.2 Å². The van der Waals surface area contributed by atoms with Crippen LogP contribution < -0.4 is 5.73 Å². The van der Waals surface area contributed by atoms with Gasteiger partial charge in [0.1, 0.15) is 0 Å². The minimum atomic E-state index is -0.530. The number of likely N-dealkylation sites (tertiary alicyclic amines) is 1. The summed E-state index contributed by atoms with van der Waals surface area (Å²) in [6.45, 7) is 6.31. The van der Waals surface area contributed by atoms with E-state index in [0.29, 0.717) is 22.5 Å². The third-order valence-electron chi connectivity index (χ3n) is 5.00. The number of hydrogen-bond acceptors (Lipinski definition) is 2. The van der Waals surface area contributed by atoms with E-state index in [9.17, 15) is 4.79 Å². The summed E-state index contributed by atoms with van der Waals surface area (Å²) in [6.07, 6.45) is 2.47. The second kappa shape index (κ2) is 7.20. The third kappa shape index (κ3) is 3.12. The molecule has 0 bridgehead atoms. The molecule has 1 aromatic rings. The highest BCUT2D eigenvalue weighted by molar-refractivity contribution is 6.42. The Balaban J connectivity index is 2.35. The molecule has 1 aromatic carbocycles. The summed E-state index contributed by atoms with van der Waals surface area (Å²) in [6, 6.07) is 5.54. The second-order valence-corrected chi connectivity index (χ2v) is 6.87. The van der Waals surface area contributed by atoms with Crippen LogP contribution in [0.15, 0.2) is 18.2 Å². The number of benzene rings is 1. The first-order valence-electron chi connectivity index (χ1n) is 7.93. The number of rotatable bonds is 5. The monoisotopic (exact) mass is 342 g/mol. The fraction of sp³-hybridized carbons (Fsp3) is 0.588. The molecule has 2 N–H and O–H groups in total. The molecule has 1 unspecified atom stereocenters. The molecule has 5 heteroatoms. The topological polar surface area (TPSA) is 46.3 Å². The Morgan fingerprint density at radius 2 is 2.00 bits per heavy atom. The maximum atomic E-state index is 13.2. The van der Waals surface area contributed by atoms with E-state index in [2.05, 4.69) is 13.8 Å². The van der Waals surface area contributed by atoms with Crippen molar-refractivity contribution in [2.45, 2.75) is 38.5 Å². The van der Waals surface area contributed by atoms with Crippen molar-refractivity contribution >= 4 is 29.1 Å². The molecule has 22 heavy (non-hydrogen) atoms. The van der Waals surface area contributed by atoms with E-state index >= 15 is 0 Å². The first kappa shape index (κ1) is 17.6. The van der Waals surface area contributed by atoms with Crippen molar-refractivity contribution in [3.05, 3.63) is 33.8 Å². The summed E-state index contributed by atoms with van der Waals surface area (Å²) in [4.78, 5) is 15.2. The van der Waals surface area contributed by atoms with Gasteiger partial charge in [-0.25, -0.2) is 0 Å². The maximum absolute atomic E-state index is 13.2. The van der Waals surface area contributed by atoms with E-state index in [4.69, 9.17) is 28.9 Å². The molecule has 1 aliphatic heterocycles. The van der Waals surface area contributed by atoms with Crippen LogP contribution in [0.5, 0.6) is 0 Å². The number of halogens is 2. The van der Waals surface area contributed by atoms with Crippen molar-refractivity contribution < 1.29 is 4.79 Å². The molecule has 1 heterocycles. The number of nitrogens with two attached hydrogens (primary N) is 1. The van der Waals surface area contributed by atoms with E-state index in [1.165, 1.54) is 0 Å². The highest BCUT2D eigenvalue weighted by Crippen LogP contribution is 2.38. The van der Waals surface area contributed by atoms with Gasteiger partial charge in [0.15, 0.2) is 0 Å². The number of carbonyl (C=O) groups is 1. The Kier molecular flexibility index (Phi) is 5.76. The lowest BCUT2D eigenvalue weighted by atomic mass is 9.74. The predicted molar refractivity (Wildman–Crippen MR) is 92.5 cm³/mol. The van der Waals surface area contributed by atoms with E-state index < -0.39 is 5.41 Å². The van der Waals surface area contributed by atoms with Crippen molar-refractivity contribution in [3.8, 4) is 0 Å². The van der Waals surface area contributed by atoms with Gasteiger partial charge in [-0.15, -0.1) is 0 Å². The van der Waals surface area contributed by atoms with Crippen molar-refractivity contribution in [1.82, 2.24) is 4.90 Å². The Hall–Kier alpha value is -0.770. The number of hydrogen-bond donors (Lipinski definition) is 1. The molecule has 0 radical (unpaired) electrons. The average Bonchev–Trinajstić information content (AvgIpc) is 3.01. The second-order valence-electron chi connectivity index (χ2n) is 6.06. The molecule has 1 amide bonds. The predicted octanol–water partition coefficient (Wildman–Crippen LogP) is 3.86. The van der Waals surface area contributed by atoms with Crippen molar-refractivity contribution in [2.24, 2.45) is 11.7 Å². The largest absolute Gasteiger partial charge is 0.342 e. The molecule has 2 rings (SSSR count). The minimum Gasteiger partial charge on any atom is -0.342 e. The van der Waals surface area contributed by atoms with Gasteiger partial charge in [-0.2, -0.15) is 0 Å². The zero-order valence-electron chi connectivity index (χ0n) is 13.2. The molecule has 0 spiro atoms. The molecule has 122 valence electrons. The Bertz CT molecular complexity index is 543. The van der Waals surface area contributed by atoms with Gasteiger partial charge >= 0.3 is 0 Å². The minimum absolute atomic E-state index is 0.187. The highest BCUT2D eigenvalue weighted by atomic mass is 35.5. The van der Waals surface area contributed by atoms with E-state index in [-0.39, 0.29) is 5.91 Å². The molecule has 1 fully saturated rings. The zero-order valence-corrected chi connectivity index (χ0v) is 14.8. The van der Waals surface area contributed by atoms with Gasteiger partial charge in [0.05, 0.1) is 15.5 Å². The number of nitrogens with zero attached hydrogens (tertiary/aromatic N) is 1. The van der Waals surface area contributed by atoms with Crippen LogP contribution in [0.25, 0.3) is 0 Å². The first-order chi connectivity index (χ1) is 10.5. The summed E-state index contributed by atoms with van der Waals surface area (Å²) in [5, 5.41) is 1.02. The fourth-order valence-electron chi connectivity index (χ4n) is 3.39. The molecule has 3 nitrogen and oxygen atoms in total. The molecule has 0 aromatic heterocycles. The quantitative estimate of drug-likeness (QED) is 0.882. The average molecular weight is 343 g/mol. The van der Waals surface area contributed by atoms with Crippen LogP contribution in [-0.2, 0) is 10.2 Å². The van der Waals surface area contributed by atoms with Gasteiger partial charge in [-0.05, 0) is 49.4 Å². The Labute approximate surface area is 142 Å². The van der Waals surface area contributed by atoms with Crippen molar-refractivity contribution in [1.29, 1.82) is 0 Å². The standard InChI is InChI=1S/C17H24Cl2N2O/c1-3-17(4-2,13-5-6-14(18)15(19)9-13)16(22)21-8-7-12(10-20)11-21/h5-6,9,12H,3-4,7-8,10-11,20H2,1-2H3. The third-order valence-corrected chi connectivity index (χ3v) is 5.73. The van der Waals surface area contributed by atoms with Gasteiger partial charge in [-0.1, -0.05) is 43.1 Å². The van der Waals surface area contributed by atoms with Crippen LogP contribution in [-0.4, -0.2) is 30.4 Å². The molecular weight excluding hydrogens is 319 g/mol. The molecular formula is C17H24Cl2N2O. The summed E-state index contributed by atoms with van der Waals surface area (Å²) in [5.41, 5.74) is 6.17. The smallest absolute Gasteiger partial charge is 0.233 e. The molecule has 1 atom stereocenters. The summed E-state index contributed by atoms with van der Waals surface area (Å²) in [5.74, 6) is 0.607. The molecule has 1 aliphatic rings. The van der Waals surface area contributed by atoms with E-state index in [0.717, 1.165) is 37.9 Å². The Morgan fingerprint density at radius 1 is 1.32 bits per heavy atom. The van der Waals surface area contributed by atoms with Gasteiger partial charge in [-0.3, -0.25) is 4.79 Å². The van der Waals surface area contributed by atoms with Gasteiger partial charge < -0.3 is 10.6 Å². The first-order valence-corrected chi connectivity index (χ1v) is 8.69. The lowest BCUT2D eigenvalue weighted by Crippen LogP contribution is -2.45. The highest BCUT2D eigenvalue weighted by Gasteiger charge is 2.41. The summed E-state index contributed by atoms with van der Waals surface area (Å²) < 4.78 is 0. The van der Waals surface area contributed by atoms with Gasteiger partial charge in [0, 0.05) is 13.1 Å². The van der Waals surface area contributed by atoms with Crippen LogP contribution in [0.2, 0.25) is 10.0 Å². The van der Waals surface area contributed by atoms with Crippen LogP contribution in [0.4, 0.5) is 0 Å². The molecule has 1 saturated heterocycles. The van der Waals surface area contributed by atoms with Crippen LogP contribution in [0.3, 0.4) is 0 Å². The summed E-state index contributed by atoms with van der Waals surface area (Å²) >= 11 is 12.2. The lowest BCUT2D eigenvalue weighted by molar-refractivity contribution is -0.137. The van der Waals surface area contributed by atoms with Crippen molar-refractivity contribution in [3.63, 3.8) is 0 Å².